The third kappa shape index (κ3) is 2.96. The van der Waals surface area contributed by atoms with E-state index in [1.165, 1.54) is 17.8 Å². The van der Waals surface area contributed by atoms with Gasteiger partial charge in [-0.15, -0.1) is 0 Å². The van der Waals surface area contributed by atoms with Crippen LogP contribution in [-0.4, -0.2) is 15.0 Å². The number of halogens is 1. The number of aromatic nitrogens is 3. The van der Waals surface area contributed by atoms with Crippen LogP contribution in [0.5, 0.6) is 0 Å². The van der Waals surface area contributed by atoms with E-state index in [1.807, 2.05) is 19.9 Å². The van der Waals surface area contributed by atoms with Gasteiger partial charge in [0.1, 0.15) is 11.0 Å². The molecule has 0 aliphatic carbocycles. The number of anilines is 1. The van der Waals surface area contributed by atoms with E-state index in [-0.39, 0.29) is 5.25 Å². The molecule has 0 aliphatic heterocycles. The van der Waals surface area contributed by atoms with Gasteiger partial charge >= 0.3 is 0 Å². The number of fused-ring (bicyclic) bond motifs is 1. The summed E-state index contributed by atoms with van der Waals surface area (Å²) in [6, 6.07) is 3.55. The smallest absolute Gasteiger partial charge is 0.191 e. The van der Waals surface area contributed by atoms with Gasteiger partial charge in [0.25, 0.3) is 0 Å². The summed E-state index contributed by atoms with van der Waals surface area (Å²) >= 11 is 7.35. The Morgan fingerprint density at radius 2 is 2.14 bits per heavy atom. The zero-order chi connectivity index (χ0) is 15.0. The molecule has 0 spiro atoms. The van der Waals surface area contributed by atoms with Crippen LogP contribution in [0.25, 0.3) is 11.0 Å². The Morgan fingerprint density at radius 1 is 1.33 bits per heavy atom. The van der Waals surface area contributed by atoms with E-state index in [0.717, 1.165) is 22.2 Å². The molecular weight excluding hydrogens is 308 g/mol. The van der Waals surface area contributed by atoms with E-state index in [2.05, 4.69) is 15.0 Å². The summed E-state index contributed by atoms with van der Waals surface area (Å²) in [6.45, 7) is 4.04. The number of nitrogens with zero attached hydrogens (tertiary/aromatic N) is 3. The van der Waals surface area contributed by atoms with E-state index in [4.69, 9.17) is 21.8 Å². The molecule has 0 unspecified atom stereocenters. The van der Waals surface area contributed by atoms with Crippen LogP contribution in [0.15, 0.2) is 34.2 Å². The summed E-state index contributed by atoms with van der Waals surface area (Å²) in [6.07, 6.45) is 3.47. The lowest BCUT2D eigenvalue weighted by molar-refractivity contribution is 0.611. The summed E-state index contributed by atoms with van der Waals surface area (Å²) < 4.78 is 5.41. The van der Waals surface area contributed by atoms with Crippen molar-refractivity contribution in [1.29, 1.82) is 0 Å². The summed E-state index contributed by atoms with van der Waals surface area (Å²) in [5, 5.41) is 2.02. The fourth-order valence-electron chi connectivity index (χ4n) is 1.98. The summed E-state index contributed by atoms with van der Waals surface area (Å²) in [5.74, 6) is 0.360. The zero-order valence-electron chi connectivity index (χ0n) is 11.5. The highest BCUT2D eigenvalue weighted by atomic mass is 35.5. The van der Waals surface area contributed by atoms with E-state index in [1.54, 1.807) is 12.5 Å². The second-order valence-electron chi connectivity index (χ2n) is 4.68. The van der Waals surface area contributed by atoms with Crippen LogP contribution in [0.3, 0.4) is 0 Å². The zero-order valence-corrected chi connectivity index (χ0v) is 13.1. The van der Waals surface area contributed by atoms with Gasteiger partial charge in [0.15, 0.2) is 10.7 Å². The molecule has 0 saturated heterocycles. The first-order valence-corrected chi connectivity index (χ1v) is 7.59. The summed E-state index contributed by atoms with van der Waals surface area (Å²) in [7, 11) is 0. The molecular formula is C14H13ClN4OS. The number of furan rings is 1. The molecule has 0 aliphatic rings. The fraction of sp³-hybridized carbons (Fsp3) is 0.214. The lowest BCUT2D eigenvalue weighted by atomic mass is 10.2. The van der Waals surface area contributed by atoms with Crippen LogP contribution in [0.2, 0.25) is 5.15 Å². The predicted molar refractivity (Wildman–Crippen MR) is 84.5 cm³/mol. The standard InChI is InChI=1S/C14H13ClN4OS/c1-7-6-20-11-5-17-10(3-9(7)11)8(2)21-14-18-12(15)4-13(16)19-14/h3-6,8H,1-2H3,(H2,16,18,19)/t8-/m1/s1. The molecule has 0 fully saturated rings. The third-order valence-corrected chi connectivity index (χ3v) is 4.25. The maximum atomic E-state index is 5.89. The van der Waals surface area contributed by atoms with Crippen LogP contribution in [0, 0.1) is 6.92 Å². The summed E-state index contributed by atoms with van der Waals surface area (Å²) in [4.78, 5) is 12.8. The predicted octanol–water partition coefficient (Wildman–Crippen LogP) is 4.02. The van der Waals surface area contributed by atoms with Gasteiger partial charge in [-0.05, 0) is 25.5 Å². The van der Waals surface area contributed by atoms with Crippen molar-refractivity contribution in [2.24, 2.45) is 0 Å². The van der Waals surface area contributed by atoms with Crippen molar-refractivity contribution in [1.82, 2.24) is 15.0 Å². The molecule has 108 valence electrons. The lowest BCUT2D eigenvalue weighted by Crippen LogP contribution is -1.98. The van der Waals surface area contributed by atoms with Crippen molar-refractivity contribution in [3.05, 3.63) is 41.0 Å². The number of pyridine rings is 1. The number of hydrogen-bond donors (Lipinski definition) is 1. The molecule has 2 N–H and O–H groups in total. The minimum Gasteiger partial charge on any atom is -0.462 e. The normalized spacial score (nSPS) is 12.7. The molecule has 7 heteroatoms. The van der Waals surface area contributed by atoms with Crippen LogP contribution in [0.4, 0.5) is 5.82 Å². The van der Waals surface area contributed by atoms with E-state index in [0.29, 0.717) is 16.1 Å². The average Bonchev–Trinajstić information content (AvgIpc) is 2.79. The second-order valence-corrected chi connectivity index (χ2v) is 6.38. The van der Waals surface area contributed by atoms with E-state index >= 15 is 0 Å². The quantitative estimate of drug-likeness (QED) is 0.446. The minimum atomic E-state index is 0.0709. The monoisotopic (exact) mass is 320 g/mol. The highest BCUT2D eigenvalue weighted by Crippen LogP contribution is 2.34. The van der Waals surface area contributed by atoms with Crippen LogP contribution < -0.4 is 5.73 Å². The number of nitrogen functional groups attached to an aromatic ring is 1. The van der Waals surface area contributed by atoms with Crippen molar-refractivity contribution >= 4 is 40.1 Å². The van der Waals surface area contributed by atoms with Crippen LogP contribution >= 0.6 is 23.4 Å². The Bertz CT molecular complexity index is 785. The Labute approximate surface area is 130 Å². The molecule has 1 atom stereocenters. The molecule has 3 aromatic heterocycles. The number of aryl methyl sites for hydroxylation is 1. The lowest BCUT2D eigenvalue weighted by Gasteiger charge is -2.10. The molecule has 3 rings (SSSR count). The van der Waals surface area contributed by atoms with Gasteiger partial charge < -0.3 is 10.2 Å². The molecule has 21 heavy (non-hydrogen) atoms. The van der Waals surface area contributed by atoms with Gasteiger partial charge in [0, 0.05) is 11.5 Å². The highest BCUT2D eigenvalue weighted by molar-refractivity contribution is 7.99. The van der Waals surface area contributed by atoms with Crippen molar-refractivity contribution in [3.63, 3.8) is 0 Å². The number of thioether (sulfide) groups is 1. The van der Waals surface area contributed by atoms with Gasteiger partial charge in [-0.1, -0.05) is 23.4 Å². The van der Waals surface area contributed by atoms with Gasteiger partial charge in [0.05, 0.1) is 23.4 Å². The molecule has 3 aromatic rings. The number of nitrogens with two attached hydrogens (primary N) is 1. The van der Waals surface area contributed by atoms with Gasteiger partial charge in [-0.2, -0.15) is 0 Å². The van der Waals surface area contributed by atoms with Crippen molar-refractivity contribution in [2.45, 2.75) is 24.3 Å². The van der Waals surface area contributed by atoms with Crippen molar-refractivity contribution < 1.29 is 4.42 Å². The van der Waals surface area contributed by atoms with Gasteiger partial charge in [-0.3, -0.25) is 4.98 Å². The highest BCUT2D eigenvalue weighted by Gasteiger charge is 2.14. The summed E-state index contributed by atoms with van der Waals surface area (Å²) in [5.41, 5.74) is 8.49. The SMILES string of the molecule is Cc1coc2cnc([C@@H](C)Sc3nc(N)cc(Cl)n3)cc12. The fourth-order valence-corrected chi connectivity index (χ4v) is 3.10. The largest absolute Gasteiger partial charge is 0.462 e. The Morgan fingerprint density at radius 3 is 2.90 bits per heavy atom. The Balaban J connectivity index is 1.89. The topological polar surface area (TPSA) is 77.8 Å². The molecule has 5 nitrogen and oxygen atoms in total. The van der Waals surface area contributed by atoms with Crippen molar-refractivity contribution in [2.75, 3.05) is 5.73 Å². The molecule has 3 heterocycles. The van der Waals surface area contributed by atoms with Crippen LogP contribution in [-0.2, 0) is 0 Å². The molecule has 0 aromatic carbocycles. The first-order valence-electron chi connectivity index (χ1n) is 6.33. The Hall–Kier alpha value is -1.79. The van der Waals surface area contributed by atoms with E-state index in [9.17, 15) is 0 Å². The first kappa shape index (κ1) is 14.2. The van der Waals surface area contributed by atoms with Gasteiger partial charge in [0.2, 0.25) is 0 Å². The number of rotatable bonds is 3. The molecule has 0 radical (unpaired) electrons. The third-order valence-electron chi connectivity index (χ3n) is 3.07. The molecule has 0 bridgehead atoms. The van der Waals surface area contributed by atoms with Gasteiger partial charge in [-0.25, -0.2) is 9.97 Å². The first-order chi connectivity index (χ1) is 10.0. The second kappa shape index (κ2) is 5.54. The maximum Gasteiger partial charge on any atom is 0.191 e. The van der Waals surface area contributed by atoms with Crippen molar-refractivity contribution in [3.8, 4) is 0 Å². The molecule has 0 saturated carbocycles. The Kier molecular flexibility index (Phi) is 3.73. The molecule has 0 amide bonds. The minimum absolute atomic E-state index is 0.0709. The maximum absolute atomic E-state index is 5.89. The van der Waals surface area contributed by atoms with E-state index < -0.39 is 0 Å². The average molecular weight is 321 g/mol. The number of hydrogen-bond acceptors (Lipinski definition) is 6. The van der Waals surface area contributed by atoms with Crippen LogP contribution in [0.1, 0.15) is 23.4 Å².